The van der Waals surface area contributed by atoms with Crippen LogP contribution in [-0.4, -0.2) is 22.1 Å². The zero-order chi connectivity index (χ0) is 12.3. The Morgan fingerprint density at radius 3 is 3.12 bits per heavy atom. The highest BCUT2D eigenvalue weighted by Crippen LogP contribution is 2.13. The van der Waals surface area contributed by atoms with Crippen LogP contribution >= 0.6 is 11.3 Å². The molecule has 0 aliphatic carbocycles. The normalized spacial score (nSPS) is 12.3. The summed E-state index contributed by atoms with van der Waals surface area (Å²) in [5.41, 5.74) is 1.15. The molecule has 90 valence electrons. The first-order valence-corrected chi connectivity index (χ1v) is 6.06. The number of carbonyl (C=O) groups is 1. The van der Waals surface area contributed by atoms with Gasteiger partial charge in [-0.05, 0) is 35.7 Å². The number of rotatable bonds is 5. The Labute approximate surface area is 102 Å². The number of hydrogen-bond acceptors (Lipinski definition) is 5. The molecule has 2 N–H and O–H groups in total. The smallest absolute Gasteiger partial charge is 0.357 e. The van der Waals surface area contributed by atoms with Gasteiger partial charge < -0.3 is 14.8 Å². The van der Waals surface area contributed by atoms with Crippen LogP contribution in [0.5, 0.6) is 0 Å². The summed E-state index contributed by atoms with van der Waals surface area (Å²) in [7, 11) is 0. The quantitative estimate of drug-likeness (QED) is 0.855. The number of oxazole rings is 1. The number of aromatic carboxylic acids is 1. The van der Waals surface area contributed by atoms with Crippen LogP contribution in [0.4, 0.5) is 6.01 Å². The summed E-state index contributed by atoms with van der Waals surface area (Å²) in [6.45, 7) is 1.99. The molecule has 0 saturated carbocycles. The van der Waals surface area contributed by atoms with E-state index >= 15 is 0 Å². The average Bonchev–Trinajstić information content (AvgIpc) is 2.88. The van der Waals surface area contributed by atoms with Crippen LogP contribution in [0.15, 0.2) is 27.5 Å². The van der Waals surface area contributed by atoms with Crippen LogP contribution in [0, 0.1) is 0 Å². The summed E-state index contributed by atoms with van der Waals surface area (Å²) >= 11 is 1.65. The first-order chi connectivity index (χ1) is 8.15. The maximum atomic E-state index is 10.6. The van der Waals surface area contributed by atoms with Crippen LogP contribution < -0.4 is 5.32 Å². The highest BCUT2D eigenvalue weighted by atomic mass is 32.1. The van der Waals surface area contributed by atoms with Crippen molar-refractivity contribution < 1.29 is 14.3 Å². The number of thiophene rings is 1. The van der Waals surface area contributed by atoms with E-state index in [2.05, 4.69) is 21.7 Å². The second-order valence-electron chi connectivity index (χ2n) is 3.72. The third kappa shape index (κ3) is 3.07. The highest BCUT2D eigenvalue weighted by Gasteiger charge is 2.12. The highest BCUT2D eigenvalue weighted by molar-refractivity contribution is 7.07. The number of hydrogen-bond donors (Lipinski definition) is 2. The van der Waals surface area contributed by atoms with Gasteiger partial charge in [0.2, 0.25) is 0 Å². The number of nitrogens with one attached hydrogen (secondary N) is 1. The van der Waals surface area contributed by atoms with Crippen LogP contribution in [0.25, 0.3) is 0 Å². The van der Waals surface area contributed by atoms with Crippen molar-refractivity contribution in [3.63, 3.8) is 0 Å². The van der Waals surface area contributed by atoms with Crippen molar-refractivity contribution in [1.29, 1.82) is 0 Å². The third-order valence-electron chi connectivity index (χ3n) is 2.22. The fourth-order valence-electron chi connectivity index (χ4n) is 1.46. The van der Waals surface area contributed by atoms with E-state index in [4.69, 9.17) is 9.52 Å². The van der Waals surface area contributed by atoms with Crippen molar-refractivity contribution in [2.24, 2.45) is 0 Å². The molecule has 0 fully saturated rings. The lowest BCUT2D eigenvalue weighted by Gasteiger charge is -2.10. The molecule has 2 rings (SSSR count). The second kappa shape index (κ2) is 5.01. The zero-order valence-electron chi connectivity index (χ0n) is 9.21. The number of anilines is 1. The van der Waals surface area contributed by atoms with Crippen LogP contribution in [-0.2, 0) is 6.42 Å². The largest absolute Gasteiger partial charge is 0.476 e. The SMILES string of the molecule is CC(Cc1ccsc1)Nc1nc(C(=O)O)co1. The van der Waals surface area contributed by atoms with E-state index in [1.54, 1.807) is 11.3 Å². The monoisotopic (exact) mass is 252 g/mol. The van der Waals surface area contributed by atoms with Crippen molar-refractivity contribution >= 4 is 23.3 Å². The summed E-state index contributed by atoms with van der Waals surface area (Å²) in [5.74, 6) is -1.09. The minimum atomic E-state index is -1.09. The van der Waals surface area contributed by atoms with Gasteiger partial charge in [-0.15, -0.1) is 0 Å². The predicted octanol–water partition coefficient (Wildman–Crippen LogP) is 2.48. The molecule has 0 aliphatic heterocycles. The molecular weight excluding hydrogens is 240 g/mol. The maximum Gasteiger partial charge on any atom is 0.357 e. The summed E-state index contributed by atoms with van der Waals surface area (Å²) < 4.78 is 5.02. The van der Waals surface area contributed by atoms with Gasteiger partial charge >= 0.3 is 5.97 Å². The number of carboxylic acids is 1. The molecule has 0 saturated heterocycles. The van der Waals surface area contributed by atoms with Gasteiger partial charge in [-0.2, -0.15) is 16.3 Å². The van der Waals surface area contributed by atoms with E-state index in [-0.39, 0.29) is 17.8 Å². The molecule has 5 nitrogen and oxygen atoms in total. The molecule has 0 radical (unpaired) electrons. The first-order valence-electron chi connectivity index (χ1n) is 5.11. The van der Waals surface area contributed by atoms with Crippen LogP contribution in [0.3, 0.4) is 0 Å². The van der Waals surface area contributed by atoms with Gasteiger partial charge in [0.25, 0.3) is 6.01 Å². The van der Waals surface area contributed by atoms with E-state index in [0.29, 0.717) is 0 Å². The molecule has 0 aliphatic rings. The van der Waals surface area contributed by atoms with Gasteiger partial charge in [0.15, 0.2) is 5.69 Å². The molecule has 0 bridgehead atoms. The molecule has 0 amide bonds. The number of aromatic nitrogens is 1. The Balaban J connectivity index is 1.93. The first kappa shape index (κ1) is 11.7. The Hall–Kier alpha value is -1.82. The summed E-state index contributed by atoms with van der Waals surface area (Å²) in [6, 6.07) is 2.43. The van der Waals surface area contributed by atoms with Crippen LogP contribution in [0.2, 0.25) is 0 Å². The lowest BCUT2D eigenvalue weighted by atomic mass is 10.1. The minimum absolute atomic E-state index is 0.0877. The van der Waals surface area contributed by atoms with Crippen molar-refractivity contribution in [2.45, 2.75) is 19.4 Å². The molecule has 6 heteroatoms. The lowest BCUT2D eigenvalue weighted by molar-refractivity contribution is 0.0690. The van der Waals surface area contributed by atoms with E-state index in [9.17, 15) is 4.79 Å². The summed E-state index contributed by atoms with van der Waals surface area (Å²) in [4.78, 5) is 14.4. The average molecular weight is 252 g/mol. The molecule has 0 spiro atoms. The molecule has 17 heavy (non-hydrogen) atoms. The van der Waals surface area contributed by atoms with E-state index in [1.165, 1.54) is 5.56 Å². The molecule has 1 atom stereocenters. The van der Waals surface area contributed by atoms with E-state index in [1.807, 2.05) is 12.3 Å². The second-order valence-corrected chi connectivity index (χ2v) is 4.50. The van der Waals surface area contributed by atoms with Gasteiger partial charge in [-0.1, -0.05) is 0 Å². The fourth-order valence-corrected chi connectivity index (χ4v) is 2.14. The standard InChI is InChI=1S/C11H12N2O3S/c1-7(4-8-2-3-17-6-8)12-11-13-9(5-16-11)10(14)15/h2-3,5-7H,4H2,1H3,(H,12,13)(H,14,15). The molecule has 2 heterocycles. The van der Waals surface area contributed by atoms with Gasteiger partial charge in [0, 0.05) is 6.04 Å². The van der Waals surface area contributed by atoms with Gasteiger partial charge in [0.05, 0.1) is 0 Å². The van der Waals surface area contributed by atoms with Crippen molar-refractivity contribution in [2.75, 3.05) is 5.32 Å². The zero-order valence-corrected chi connectivity index (χ0v) is 10.0. The Morgan fingerprint density at radius 1 is 1.71 bits per heavy atom. The Morgan fingerprint density at radius 2 is 2.53 bits per heavy atom. The topological polar surface area (TPSA) is 75.4 Å². The van der Waals surface area contributed by atoms with Gasteiger partial charge in [-0.25, -0.2) is 4.79 Å². The molecule has 2 aromatic rings. The number of carboxylic acid groups (broad SMARTS) is 1. The summed E-state index contributed by atoms with van der Waals surface area (Å²) in [5, 5.41) is 15.8. The van der Waals surface area contributed by atoms with Crippen molar-refractivity contribution in [1.82, 2.24) is 4.98 Å². The Kier molecular flexibility index (Phi) is 3.43. The van der Waals surface area contributed by atoms with Gasteiger partial charge in [0.1, 0.15) is 6.26 Å². The Bertz CT molecular complexity index is 493. The van der Waals surface area contributed by atoms with Crippen LogP contribution in [0.1, 0.15) is 23.0 Å². The van der Waals surface area contributed by atoms with Crippen molar-refractivity contribution in [3.8, 4) is 0 Å². The fraction of sp³-hybridized carbons (Fsp3) is 0.273. The van der Waals surface area contributed by atoms with Gasteiger partial charge in [-0.3, -0.25) is 0 Å². The molecule has 2 aromatic heterocycles. The van der Waals surface area contributed by atoms with E-state index < -0.39 is 5.97 Å². The van der Waals surface area contributed by atoms with E-state index in [0.717, 1.165) is 12.7 Å². The minimum Gasteiger partial charge on any atom is -0.476 e. The predicted molar refractivity (Wildman–Crippen MR) is 64.6 cm³/mol. The third-order valence-corrected chi connectivity index (χ3v) is 2.95. The molecular formula is C11H12N2O3S. The maximum absolute atomic E-state index is 10.6. The number of nitrogens with zero attached hydrogens (tertiary/aromatic N) is 1. The lowest BCUT2D eigenvalue weighted by Crippen LogP contribution is -2.18. The van der Waals surface area contributed by atoms with Crippen molar-refractivity contribution in [3.05, 3.63) is 34.3 Å². The molecule has 1 unspecified atom stereocenters. The molecule has 0 aromatic carbocycles. The summed E-state index contributed by atoms with van der Waals surface area (Å²) in [6.07, 6.45) is 1.97.